The Labute approximate surface area is 188 Å². The van der Waals surface area contributed by atoms with Crippen LogP contribution < -0.4 is 0 Å². The lowest BCUT2D eigenvalue weighted by atomic mass is 10.1. The van der Waals surface area contributed by atoms with E-state index in [0.29, 0.717) is 35.3 Å². The number of amides is 2. The SMILES string of the molecule is CCN(Cc1ccc(CN(C)C)cc1)C(=O)C1CSCN1C(=O)c1ccc(Cl)cc1. The first-order chi connectivity index (χ1) is 14.4. The van der Waals surface area contributed by atoms with Crippen molar-refractivity contribution >= 4 is 35.2 Å². The minimum absolute atomic E-state index is 0.00202. The van der Waals surface area contributed by atoms with Crippen LogP contribution in [0.4, 0.5) is 0 Å². The van der Waals surface area contributed by atoms with E-state index in [1.54, 1.807) is 40.9 Å². The Morgan fingerprint density at radius 2 is 1.63 bits per heavy atom. The van der Waals surface area contributed by atoms with E-state index in [1.807, 2.05) is 25.9 Å². The molecule has 0 aromatic heterocycles. The Bertz CT molecular complexity index is 871. The molecule has 7 heteroatoms. The van der Waals surface area contributed by atoms with Crippen LogP contribution in [0, 0.1) is 0 Å². The Hall–Kier alpha value is -2.02. The molecule has 3 rings (SSSR count). The molecule has 160 valence electrons. The Kier molecular flexibility index (Phi) is 7.81. The summed E-state index contributed by atoms with van der Waals surface area (Å²) in [4.78, 5) is 31.9. The second-order valence-corrected chi connectivity index (χ2v) is 9.14. The van der Waals surface area contributed by atoms with E-state index in [9.17, 15) is 9.59 Å². The van der Waals surface area contributed by atoms with Gasteiger partial charge in [-0.3, -0.25) is 9.59 Å². The van der Waals surface area contributed by atoms with E-state index in [1.165, 1.54) is 5.56 Å². The van der Waals surface area contributed by atoms with Gasteiger partial charge in [0.1, 0.15) is 6.04 Å². The first-order valence-corrected chi connectivity index (χ1v) is 11.6. The number of carbonyl (C=O) groups is 2. The number of likely N-dealkylation sites (N-methyl/N-ethyl adjacent to an activating group) is 1. The number of benzene rings is 2. The maximum absolute atomic E-state index is 13.3. The summed E-state index contributed by atoms with van der Waals surface area (Å²) in [5.74, 6) is 1.02. The number of nitrogens with zero attached hydrogens (tertiary/aromatic N) is 3. The van der Waals surface area contributed by atoms with Crippen molar-refractivity contribution in [2.45, 2.75) is 26.1 Å². The van der Waals surface area contributed by atoms with Gasteiger partial charge >= 0.3 is 0 Å². The number of hydrogen-bond acceptors (Lipinski definition) is 4. The lowest BCUT2D eigenvalue weighted by Crippen LogP contribution is -2.48. The molecule has 1 saturated heterocycles. The van der Waals surface area contributed by atoms with E-state index in [4.69, 9.17) is 11.6 Å². The van der Waals surface area contributed by atoms with Gasteiger partial charge in [0.05, 0.1) is 5.88 Å². The highest BCUT2D eigenvalue weighted by Crippen LogP contribution is 2.25. The largest absolute Gasteiger partial charge is 0.337 e. The fourth-order valence-electron chi connectivity index (χ4n) is 3.50. The van der Waals surface area contributed by atoms with Crippen molar-refractivity contribution in [3.63, 3.8) is 0 Å². The van der Waals surface area contributed by atoms with Crippen molar-refractivity contribution in [3.05, 3.63) is 70.2 Å². The van der Waals surface area contributed by atoms with Crippen LogP contribution in [0.15, 0.2) is 48.5 Å². The fourth-order valence-corrected chi connectivity index (χ4v) is 4.77. The predicted octanol–water partition coefficient (Wildman–Crippen LogP) is 3.97. The van der Waals surface area contributed by atoms with Crippen LogP contribution in [0.2, 0.25) is 5.02 Å². The van der Waals surface area contributed by atoms with Gasteiger partial charge in [0, 0.05) is 36.0 Å². The number of hydrogen-bond donors (Lipinski definition) is 0. The van der Waals surface area contributed by atoms with Crippen LogP contribution in [0.5, 0.6) is 0 Å². The molecule has 1 unspecified atom stereocenters. The van der Waals surface area contributed by atoms with Gasteiger partial charge in [-0.25, -0.2) is 0 Å². The summed E-state index contributed by atoms with van der Waals surface area (Å²) >= 11 is 7.55. The second kappa shape index (κ2) is 10.3. The number of thioether (sulfide) groups is 1. The van der Waals surface area contributed by atoms with Crippen molar-refractivity contribution < 1.29 is 9.59 Å². The molecular formula is C23H28ClN3O2S. The first-order valence-electron chi connectivity index (χ1n) is 10.0. The second-order valence-electron chi connectivity index (χ2n) is 7.70. The number of carbonyl (C=O) groups excluding carboxylic acids is 2. The molecule has 1 aliphatic rings. The average Bonchev–Trinajstić information content (AvgIpc) is 3.22. The molecule has 2 amide bonds. The minimum Gasteiger partial charge on any atom is -0.337 e. The highest BCUT2D eigenvalue weighted by atomic mass is 35.5. The Balaban J connectivity index is 1.69. The zero-order chi connectivity index (χ0) is 21.7. The summed E-state index contributed by atoms with van der Waals surface area (Å²) in [5.41, 5.74) is 2.89. The summed E-state index contributed by atoms with van der Waals surface area (Å²) in [6.07, 6.45) is 0. The molecule has 1 aliphatic heterocycles. The van der Waals surface area contributed by atoms with Crippen LogP contribution in [0.1, 0.15) is 28.4 Å². The van der Waals surface area contributed by atoms with E-state index in [0.717, 1.165) is 12.1 Å². The van der Waals surface area contributed by atoms with E-state index in [2.05, 4.69) is 29.2 Å². The average molecular weight is 446 g/mol. The predicted molar refractivity (Wildman–Crippen MR) is 124 cm³/mol. The van der Waals surface area contributed by atoms with Crippen LogP contribution in [-0.2, 0) is 17.9 Å². The smallest absolute Gasteiger partial charge is 0.255 e. The fraction of sp³-hybridized carbons (Fsp3) is 0.391. The van der Waals surface area contributed by atoms with Crippen molar-refractivity contribution in [2.75, 3.05) is 32.3 Å². The van der Waals surface area contributed by atoms with Gasteiger partial charge in [-0.15, -0.1) is 11.8 Å². The van der Waals surface area contributed by atoms with Crippen LogP contribution >= 0.6 is 23.4 Å². The molecule has 30 heavy (non-hydrogen) atoms. The van der Waals surface area contributed by atoms with Gasteiger partial charge < -0.3 is 14.7 Å². The van der Waals surface area contributed by atoms with Crippen molar-refractivity contribution in [1.82, 2.24) is 14.7 Å². The topological polar surface area (TPSA) is 43.9 Å². The maximum atomic E-state index is 13.3. The normalized spacial score (nSPS) is 16.2. The molecule has 0 radical (unpaired) electrons. The molecule has 0 bridgehead atoms. The van der Waals surface area contributed by atoms with Gasteiger partial charge in [0.15, 0.2) is 0 Å². The summed E-state index contributed by atoms with van der Waals surface area (Å²) < 4.78 is 0. The van der Waals surface area contributed by atoms with Crippen LogP contribution in [0.25, 0.3) is 0 Å². The van der Waals surface area contributed by atoms with Crippen molar-refractivity contribution in [1.29, 1.82) is 0 Å². The zero-order valence-electron chi connectivity index (χ0n) is 17.7. The van der Waals surface area contributed by atoms with Crippen LogP contribution in [-0.4, -0.2) is 64.8 Å². The van der Waals surface area contributed by atoms with E-state index in [-0.39, 0.29) is 11.8 Å². The highest BCUT2D eigenvalue weighted by molar-refractivity contribution is 7.99. The van der Waals surface area contributed by atoms with Crippen LogP contribution in [0.3, 0.4) is 0 Å². The molecule has 0 saturated carbocycles. The third-order valence-electron chi connectivity index (χ3n) is 5.11. The first kappa shape index (κ1) is 22.7. The minimum atomic E-state index is -0.439. The molecule has 0 aliphatic carbocycles. The monoisotopic (exact) mass is 445 g/mol. The van der Waals surface area contributed by atoms with E-state index < -0.39 is 6.04 Å². The van der Waals surface area contributed by atoms with Gasteiger partial charge in [0.2, 0.25) is 5.91 Å². The van der Waals surface area contributed by atoms with E-state index >= 15 is 0 Å². The molecular weight excluding hydrogens is 418 g/mol. The lowest BCUT2D eigenvalue weighted by Gasteiger charge is -2.29. The Morgan fingerprint density at radius 3 is 2.20 bits per heavy atom. The van der Waals surface area contributed by atoms with Gasteiger partial charge in [-0.2, -0.15) is 0 Å². The molecule has 1 fully saturated rings. The Morgan fingerprint density at radius 1 is 1.03 bits per heavy atom. The summed E-state index contributed by atoms with van der Waals surface area (Å²) in [6.45, 7) is 4.01. The lowest BCUT2D eigenvalue weighted by molar-refractivity contribution is -0.135. The van der Waals surface area contributed by atoms with Gasteiger partial charge in [0.25, 0.3) is 5.91 Å². The molecule has 2 aromatic carbocycles. The zero-order valence-corrected chi connectivity index (χ0v) is 19.2. The molecule has 5 nitrogen and oxygen atoms in total. The third-order valence-corrected chi connectivity index (χ3v) is 6.37. The van der Waals surface area contributed by atoms with Crippen molar-refractivity contribution in [3.8, 4) is 0 Å². The molecule has 0 N–H and O–H groups in total. The maximum Gasteiger partial charge on any atom is 0.255 e. The number of rotatable bonds is 7. The molecule has 0 spiro atoms. The summed E-state index contributed by atoms with van der Waals surface area (Å²) in [6, 6.07) is 14.8. The quantitative estimate of drug-likeness (QED) is 0.647. The van der Waals surface area contributed by atoms with Gasteiger partial charge in [-0.1, -0.05) is 35.9 Å². The number of halogens is 1. The molecule has 1 atom stereocenters. The summed E-state index contributed by atoms with van der Waals surface area (Å²) in [7, 11) is 4.09. The van der Waals surface area contributed by atoms with Crippen molar-refractivity contribution in [2.24, 2.45) is 0 Å². The standard InChI is InChI=1S/C23H28ClN3O2S/c1-4-26(14-18-7-5-17(6-8-18)13-25(2)3)23(29)21-15-30-16-27(21)22(28)19-9-11-20(24)12-10-19/h5-12,21H,4,13-16H2,1-3H3. The molecule has 2 aromatic rings. The van der Waals surface area contributed by atoms with Gasteiger partial charge in [-0.05, 0) is 56.4 Å². The molecule has 1 heterocycles. The third kappa shape index (κ3) is 5.56. The highest BCUT2D eigenvalue weighted by Gasteiger charge is 2.37. The summed E-state index contributed by atoms with van der Waals surface area (Å²) in [5, 5.41) is 0.587.